The molecule has 25 heavy (non-hydrogen) atoms. The van der Waals surface area contributed by atoms with Gasteiger partial charge in [-0.3, -0.25) is 0 Å². The van der Waals surface area contributed by atoms with Crippen molar-refractivity contribution in [2.75, 3.05) is 24.6 Å². The Hall–Kier alpha value is -3.36. The molecule has 0 atom stereocenters. The normalized spacial score (nSPS) is 10.8. The van der Waals surface area contributed by atoms with Crippen LogP contribution in [0.4, 0.5) is 27.8 Å². The van der Waals surface area contributed by atoms with Gasteiger partial charge < -0.3 is 26.2 Å². The first kappa shape index (κ1) is 18.0. The van der Waals surface area contributed by atoms with Gasteiger partial charge in [-0.25, -0.2) is 9.78 Å². The van der Waals surface area contributed by atoms with Gasteiger partial charge in [-0.05, 0) is 38.1 Å². The highest BCUT2D eigenvalue weighted by Crippen LogP contribution is 2.30. The van der Waals surface area contributed by atoms with Crippen LogP contribution >= 0.6 is 0 Å². The van der Waals surface area contributed by atoms with Crippen molar-refractivity contribution in [1.29, 1.82) is 0 Å². The quantitative estimate of drug-likeness (QED) is 0.711. The molecule has 0 aliphatic heterocycles. The summed E-state index contributed by atoms with van der Waals surface area (Å²) >= 11 is 0. The van der Waals surface area contributed by atoms with Crippen LogP contribution in [0.3, 0.4) is 0 Å². The van der Waals surface area contributed by atoms with E-state index in [9.17, 15) is 9.90 Å². The van der Waals surface area contributed by atoms with Crippen molar-refractivity contribution in [2.45, 2.75) is 13.8 Å². The molecule has 1 heterocycles. The maximum atomic E-state index is 11.9. The van der Waals surface area contributed by atoms with Gasteiger partial charge in [0.25, 0.3) is 0 Å². The largest absolute Gasteiger partial charge is 0.504 e. The van der Waals surface area contributed by atoms with E-state index in [2.05, 4.69) is 15.2 Å². The monoisotopic (exact) mass is 344 g/mol. The molecule has 0 saturated heterocycles. The number of nitrogens with zero attached hydrogens (tertiary/aromatic N) is 4. The zero-order valence-electron chi connectivity index (χ0n) is 14.0. The number of pyridine rings is 1. The third kappa shape index (κ3) is 4.56. The maximum Gasteiger partial charge on any atom is 0.415 e. The fraction of sp³-hybridized carbons (Fsp3) is 0.250. The van der Waals surface area contributed by atoms with Crippen molar-refractivity contribution in [2.24, 2.45) is 10.2 Å². The molecule has 0 aliphatic carbocycles. The first-order valence-corrected chi connectivity index (χ1v) is 7.68. The van der Waals surface area contributed by atoms with Crippen LogP contribution in [0.2, 0.25) is 0 Å². The van der Waals surface area contributed by atoms with Crippen molar-refractivity contribution in [3.8, 4) is 11.5 Å². The van der Waals surface area contributed by atoms with Crippen LogP contribution in [0, 0.1) is 0 Å². The number of aromatic hydroxyl groups is 1. The van der Waals surface area contributed by atoms with E-state index in [0.29, 0.717) is 24.5 Å². The topological polar surface area (TPSA) is 139 Å². The van der Waals surface area contributed by atoms with Crippen molar-refractivity contribution in [3.05, 3.63) is 30.3 Å². The maximum absolute atomic E-state index is 11.9. The number of hydrogen-bond donors (Lipinski definition) is 3. The molecule has 0 spiro atoms. The highest BCUT2D eigenvalue weighted by atomic mass is 16.6. The first-order valence-electron chi connectivity index (χ1n) is 7.68. The number of benzene rings is 1. The smallest absolute Gasteiger partial charge is 0.415 e. The number of nitrogen functional groups attached to an aromatic ring is 2. The minimum Gasteiger partial charge on any atom is -0.504 e. The van der Waals surface area contributed by atoms with Crippen LogP contribution in [-0.2, 0) is 0 Å². The van der Waals surface area contributed by atoms with Crippen molar-refractivity contribution >= 4 is 29.1 Å². The van der Waals surface area contributed by atoms with E-state index in [1.807, 2.05) is 13.8 Å². The molecular weight excluding hydrogens is 324 g/mol. The van der Waals surface area contributed by atoms with E-state index in [-0.39, 0.29) is 23.1 Å². The van der Waals surface area contributed by atoms with Gasteiger partial charge in [-0.15, -0.1) is 5.11 Å². The highest BCUT2D eigenvalue weighted by molar-refractivity contribution is 5.70. The van der Waals surface area contributed by atoms with Crippen LogP contribution in [0.15, 0.2) is 40.6 Å². The molecule has 0 bridgehead atoms. The number of rotatable bonds is 5. The molecule has 0 unspecified atom stereocenters. The fourth-order valence-electron chi connectivity index (χ4n) is 1.94. The van der Waals surface area contributed by atoms with Gasteiger partial charge in [0.2, 0.25) is 0 Å². The van der Waals surface area contributed by atoms with Gasteiger partial charge in [0.05, 0.1) is 5.69 Å². The summed E-state index contributed by atoms with van der Waals surface area (Å²) < 4.78 is 5.26. The average molecular weight is 344 g/mol. The van der Waals surface area contributed by atoms with Crippen molar-refractivity contribution in [1.82, 2.24) is 9.88 Å². The lowest BCUT2D eigenvalue weighted by atomic mass is 10.3. The lowest BCUT2D eigenvalue weighted by Gasteiger charge is -2.17. The highest BCUT2D eigenvalue weighted by Gasteiger charge is 2.11. The summed E-state index contributed by atoms with van der Waals surface area (Å²) in [6, 6.07) is 7.77. The van der Waals surface area contributed by atoms with Crippen LogP contribution in [0.5, 0.6) is 11.5 Å². The summed E-state index contributed by atoms with van der Waals surface area (Å²) in [5, 5.41) is 17.5. The van der Waals surface area contributed by atoms with E-state index >= 15 is 0 Å². The number of aromatic nitrogens is 1. The summed E-state index contributed by atoms with van der Waals surface area (Å²) in [5.74, 6) is 0.170. The predicted molar refractivity (Wildman–Crippen MR) is 94.3 cm³/mol. The van der Waals surface area contributed by atoms with Gasteiger partial charge in [0.1, 0.15) is 11.4 Å². The third-order valence-electron chi connectivity index (χ3n) is 3.38. The number of amides is 1. The zero-order chi connectivity index (χ0) is 18.4. The van der Waals surface area contributed by atoms with Gasteiger partial charge in [0, 0.05) is 19.2 Å². The van der Waals surface area contributed by atoms with Crippen LogP contribution in [0.1, 0.15) is 13.8 Å². The van der Waals surface area contributed by atoms with E-state index in [0.717, 1.165) is 0 Å². The molecule has 0 aliphatic rings. The Bertz CT molecular complexity index is 772. The molecule has 5 N–H and O–H groups in total. The van der Waals surface area contributed by atoms with E-state index in [4.69, 9.17) is 16.2 Å². The second kappa shape index (κ2) is 7.95. The van der Waals surface area contributed by atoms with Crippen molar-refractivity contribution < 1.29 is 14.6 Å². The van der Waals surface area contributed by atoms with Gasteiger partial charge in [0.15, 0.2) is 17.4 Å². The Balaban J connectivity index is 2.08. The second-order valence-electron chi connectivity index (χ2n) is 5.03. The minimum absolute atomic E-state index is 0.0591. The van der Waals surface area contributed by atoms with Crippen LogP contribution < -0.4 is 16.2 Å². The summed E-state index contributed by atoms with van der Waals surface area (Å²) in [7, 11) is 0. The second-order valence-corrected chi connectivity index (χ2v) is 5.03. The van der Waals surface area contributed by atoms with E-state index in [1.54, 1.807) is 29.2 Å². The molecule has 0 saturated carbocycles. The molecule has 1 aromatic carbocycles. The average Bonchev–Trinajstić information content (AvgIpc) is 2.59. The molecule has 0 radical (unpaired) electrons. The predicted octanol–water partition coefficient (Wildman–Crippen LogP) is 3.21. The van der Waals surface area contributed by atoms with Crippen LogP contribution in [0.25, 0.3) is 0 Å². The molecule has 132 valence electrons. The summed E-state index contributed by atoms with van der Waals surface area (Å²) in [5.41, 5.74) is 11.8. The number of ether oxygens (including phenoxy) is 1. The molecule has 9 heteroatoms. The lowest BCUT2D eigenvalue weighted by Crippen LogP contribution is -2.33. The summed E-state index contributed by atoms with van der Waals surface area (Å²) in [4.78, 5) is 17.2. The van der Waals surface area contributed by atoms with Gasteiger partial charge >= 0.3 is 6.09 Å². The standard InChI is InChI=1S/C16H20N6O3/c1-3-22(4-2)16(24)25-11-7-5-10(6-8-11)20-21-12-9-13(23)15(18)19-14(12)17/h5-9,23H,3-4H2,1-2H3,(H4,17,18,19)/b21-20+. The number of hydrogen-bond acceptors (Lipinski definition) is 8. The zero-order valence-corrected chi connectivity index (χ0v) is 14.0. The number of carbonyl (C=O) groups excluding carboxylic acids is 1. The molecule has 0 fully saturated rings. The fourth-order valence-corrected chi connectivity index (χ4v) is 1.94. The Morgan fingerprint density at radius 3 is 2.40 bits per heavy atom. The summed E-state index contributed by atoms with van der Waals surface area (Å²) in [6.45, 7) is 4.91. The Morgan fingerprint density at radius 2 is 1.80 bits per heavy atom. The van der Waals surface area contributed by atoms with Crippen molar-refractivity contribution in [3.63, 3.8) is 0 Å². The number of carbonyl (C=O) groups is 1. The number of anilines is 2. The van der Waals surface area contributed by atoms with E-state index < -0.39 is 6.09 Å². The molecule has 9 nitrogen and oxygen atoms in total. The number of nitrogens with two attached hydrogens (primary N) is 2. The number of azo groups is 1. The molecular formula is C16H20N6O3. The van der Waals surface area contributed by atoms with Gasteiger partial charge in [-0.2, -0.15) is 5.11 Å². The van der Waals surface area contributed by atoms with E-state index in [1.165, 1.54) is 6.07 Å². The Morgan fingerprint density at radius 1 is 1.16 bits per heavy atom. The Kier molecular flexibility index (Phi) is 5.72. The van der Waals surface area contributed by atoms with Gasteiger partial charge in [-0.1, -0.05) is 0 Å². The Labute approximate surface area is 144 Å². The third-order valence-corrected chi connectivity index (χ3v) is 3.38. The molecule has 1 aromatic heterocycles. The first-order chi connectivity index (χ1) is 11.9. The SMILES string of the molecule is CCN(CC)C(=O)Oc1ccc(/N=N/c2cc(O)c(N)nc2N)cc1. The molecule has 2 aromatic rings. The summed E-state index contributed by atoms with van der Waals surface area (Å²) in [6.07, 6.45) is -0.407. The minimum atomic E-state index is -0.407. The lowest BCUT2D eigenvalue weighted by molar-refractivity contribution is 0.157. The van der Waals surface area contributed by atoms with Crippen LogP contribution in [-0.4, -0.2) is 34.2 Å². The molecule has 2 rings (SSSR count). The molecule has 1 amide bonds.